The molecule has 0 aromatic carbocycles. The zero-order valence-electron chi connectivity index (χ0n) is 12.2. The Morgan fingerprint density at radius 3 is 2.68 bits per heavy atom. The third-order valence-corrected chi connectivity index (χ3v) is 4.44. The molecule has 1 aliphatic rings. The van der Waals surface area contributed by atoms with Crippen molar-refractivity contribution in [3.05, 3.63) is 22.4 Å². The fourth-order valence-electron chi connectivity index (χ4n) is 2.22. The van der Waals surface area contributed by atoms with E-state index < -0.39 is 24.0 Å². The number of nitrogens with zero attached hydrogens (tertiary/aromatic N) is 1. The molecule has 1 aromatic heterocycles. The van der Waals surface area contributed by atoms with Gasteiger partial charge in [0.25, 0.3) is 11.8 Å². The van der Waals surface area contributed by atoms with Crippen LogP contribution in [0.1, 0.15) is 4.88 Å². The summed E-state index contributed by atoms with van der Waals surface area (Å²) in [5, 5.41) is 27.3. The summed E-state index contributed by atoms with van der Waals surface area (Å²) in [4.78, 5) is 26.4. The summed E-state index contributed by atoms with van der Waals surface area (Å²) in [7, 11) is 0. The number of hydrogen-bond acceptors (Lipinski definition) is 6. The number of amides is 2. The lowest BCUT2D eigenvalue weighted by Gasteiger charge is -2.30. The van der Waals surface area contributed by atoms with Gasteiger partial charge in [-0.05, 0) is 17.9 Å². The molecule has 2 amide bonds. The van der Waals surface area contributed by atoms with Gasteiger partial charge in [-0.3, -0.25) is 9.59 Å². The average Bonchev–Trinajstić information content (AvgIpc) is 3.06. The lowest BCUT2D eigenvalue weighted by Crippen LogP contribution is -2.55. The Hall–Kier alpha value is -1.48. The minimum atomic E-state index is -1.74. The maximum Gasteiger partial charge on any atom is 0.254 e. The van der Waals surface area contributed by atoms with Crippen molar-refractivity contribution in [2.45, 2.75) is 18.6 Å². The van der Waals surface area contributed by atoms with E-state index in [9.17, 15) is 19.8 Å². The van der Waals surface area contributed by atoms with Gasteiger partial charge in [0.2, 0.25) is 0 Å². The Kier molecular flexibility index (Phi) is 6.32. The molecule has 7 nitrogen and oxygen atoms in total. The predicted molar refractivity (Wildman–Crippen MR) is 82.5 cm³/mol. The number of piperazine rings is 1. The molecule has 0 radical (unpaired) electrons. The maximum atomic E-state index is 12.0. The van der Waals surface area contributed by atoms with Crippen LogP contribution in [-0.2, 0) is 16.0 Å². The van der Waals surface area contributed by atoms with E-state index in [2.05, 4.69) is 10.6 Å². The van der Waals surface area contributed by atoms with Crippen LogP contribution in [-0.4, -0.2) is 71.9 Å². The van der Waals surface area contributed by atoms with Crippen molar-refractivity contribution in [3.8, 4) is 0 Å². The van der Waals surface area contributed by atoms with Crippen molar-refractivity contribution in [1.29, 1.82) is 0 Å². The van der Waals surface area contributed by atoms with Crippen LogP contribution < -0.4 is 10.6 Å². The Labute approximate surface area is 132 Å². The number of carbonyl (C=O) groups excluding carboxylic acids is 2. The molecule has 0 saturated carbocycles. The van der Waals surface area contributed by atoms with Crippen molar-refractivity contribution in [1.82, 2.24) is 15.5 Å². The van der Waals surface area contributed by atoms with Crippen molar-refractivity contribution in [2.75, 3.05) is 32.7 Å². The zero-order chi connectivity index (χ0) is 15.9. The molecule has 2 heterocycles. The monoisotopic (exact) mass is 327 g/mol. The summed E-state index contributed by atoms with van der Waals surface area (Å²) in [5.41, 5.74) is 0. The summed E-state index contributed by atoms with van der Waals surface area (Å²) < 4.78 is 0. The molecule has 0 bridgehead atoms. The highest BCUT2D eigenvalue weighted by molar-refractivity contribution is 7.09. The minimum Gasteiger partial charge on any atom is -0.380 e. The second-order valence-corrected chi connectivity index (χ2v) is 6.12. The summed E-state index contributed by atoms with van der Waals surface area (Å²) in [6, 6.07) is 3.88. The van der Waals surface area contributed by atoms with Gasteiger partial charge in [-0.2, -0.15) is 0 Å². The standard InChI is InChI=1S/C14H21N3O4S/c18-11(12(19)14(21)17-7-5-15-6-8-17)13(20)16-4-3-10-2-1-9-22-10/h1-2,9,11-12,15,18-19H,3-8H2,(H,16,20)/t11-,12-/m1/s1. The molecule has 0 aliphatic carbocycles. The summed E-state index contributed by atoms with van der Waals surface area (Å²) in [6.45, 7) is 2.55. The highest BCUT2D eigenvalue weighted by Crippen LogP contribution is 2.08. The molecule has 122 valence electrons. The molecular weight excluding hydrogens is 306 g/mol. The van der Waals surface area contributed by atoms with E-state index in [0.29, 0.717) is 39.1 Å². The number of hydrogen-bond donors (Lipinski definition) is 4. The Morgan fingerprint density at radius 2 is 2.05 bits per heavy atom. The molecular formula is C14H21N3O4S. The molecule has 1 aliphatic heterocycles. The molecule has 22 heavy (non-hydrogen) atoms. The van der Waals surface area contributed by atoms with Gasteiger partial charge < -0.3 is 25.7 Å². The predicted octanol–water partition coefficient (Wildman–Crippen LogP) is -1.44. The first-order chi connectivity index (χ1) is 10.6. The normalized spacial score (nSPS) is 17.8. The smallest absolute Gasteiger partial charge is 0.254 e. The fourth-order valence-corrected chi connectivity index (χ4v) is 2.93. The van der Waals surface area contributed by atoms with Crippen LogP contribution in [0.5, 0.6) is 0 Å². The second kappa shape index (κ2) is 8.23. The first-order valence-electron chi connectivity index (χ1n) is 7.25. The highest BCUT2D eigenvalue weighted by Gasteiger charge is 2.33. The van der Waals surface area contributed by atoms with Gasteiger partial charge in [-0.15, -0.1) is 11.3 Å². The van der Waals surface area contributed by atoms with Crippen molar-refractivity contribution in [3.63, 3.8) is 0 Å². The van der Waals surface area contributed by atoms with E-state index in [1.165, 1.54) is 4.90 Å². The first-order valence-corrected chi connectivity index (χ1v) is 8.13. The van der Waals surface area contributed by atoms with Gasteiger partial charge in [0, 0.05) is 37.6 Å². The highest BCUT2D eigenvalue weighted by atomic mass is 32.1. The quantitative estimate of drug-likeness (QED) is 0.513. The molecule has 0 unspecified atom stereocenters. The number of aliphatic hydroxyl groups excluding tert-OH is 2. The summed E-state index contributed by atoms with van der Waals surface area (Å²) >= 11 is 1.58. The van der Waals surface area contributed by atoms with Gasteiger partial charge in [0.15, 0.2) is 12.2 Å². The van der Waals surface area contributed by atoms with Crippen molar-refractivity contribution >= 4 is 23.2 Å². The van der Waals surface area contributed by atoms with Crippen LogP contribution in [0.15, 0.2) is 17.5 Å². The topological polar surface area (TPSA) is 102 Å². The first kappa shape index (κ1) is 16.9. The molecule has 4 N–H and O–H groups in total. The molecule has 2 atom stereocenters. The molecule has 1 saturated heterocycles. The van der Waals surface area contributed by atoms with Gasteiger partial charge in [-0.1, -0.05) is 6.07 Å². The Morgan fingerprint density at radius 1 is 1.32 bits per heavy atom. The lowest BCUT2D eigenvalue weighted by atomic mass is 10.1. The van der Waals surface area contributed by atoms with Gasteiger partial charge in [0.1, 0.15) is 0 Å². The van der Waals surface area contributed by atoms with Crippen LogP contribution in [0.3, 0.4) is 0 Å². The van der Waals surface area contributed by atoms with Gasteiger partial charge >= 0.3 is 0 Å². The minimum absolute atomic E-state index is 0.352. The summed E-state index contributed by atoms with van der Waals surface area (Å²) in [6.07, 6.45) is -2.82. The van der Waals surface area contributed by atoms with E-state index in [-0.39, 0.29) is 0 Å². The third kappa shape index (κ3) is 4.51. The average molecular weight is 327 g/mol. The molecule has 0 spiro atoms. The number of nitrogens with one attached hydrogen (secondary N) is 2. The van der Waals surface area contributed by atoms with Crippen LogP contribution in [0, 0.1) is 0 Å². The van der Waals surface area contributed by atoms with Crippen LogP contribution in [0.4, 0.5) is 0 Å². The summed E-state index contributed by atoms with van der Waals surface area (Å²) in [5.74, 6) is -1.34. The lowest BCUT2D eigenvalue weighted by molar-refractivity contribution is -0.153. The Balaban J connectivity index is 1.77. The van der Waals surface area contributed by atoms with Gasteiger partial charge in [0.05, 0.1) is 0 Å². The largest absolute Gasteiger partial charge is 0.380 e. The number of rotatable bonds is 6. The van der Waals surface area contributed by atoms with Crippen LogP contribution in [0.2, 0.25) is 0 Å². The van der Waals surface area contributed by atoms with Crippen LogP contribution in [0.25, 0.3) is 0 Å². The van der Waals surface area contributed by atoms with E-state index in [0.717, 1.165) is 4.88 Å². The van der Waals surface area contributed by atoms with E-state index in [4.69, 9.17) is 0 Å². The fraction of sp³-hybridized carbons (Fsp3) is 0.571. The van der Waals surface area contributed by atoms with Crippen molar-refractivity contribution < 1.29 is 19.8 Å². The third-order valence-electron chi connectivity index (χ3n) is 3.50. The second-order valence-electron chi connectivity index (χ2n) is 5.09. The number of aliphatic hydroxyl groups is 2. The molecule has 1 aromatic rings. The molecule has 8 heteroatoms. The molecule has 1 fully saturated rings. The van der Waals surface area contributed by atoms with Crippen LogP contribution >= 0.6 is 11.3 Å². The van der Waals surface area contributed by atoms with E-state index >= 15 is 0 Å². The number of thiophene rings is 1. The SMILES string of the molecule is O=C(NCCc1cccs1)[C@H](O)[C@@H](O)C(=O)N1CCNCC1. The van der Waals surface area contributed by atoms with Crippen molar-refractivity contribution in [2.24, 2.45) is 0 Å². The Bertz CT molecular complexity index is 488. The maximum absolute atomic E-state index is 12.0. The van der Waals surface area contributed by atoms with E-state index in [1.54, 1.807) is 11.3 Å². The van der Waals surface area contributed by atoms with Gasteiger partial charge in [-0.25, -0.2) is 0 Å². The van der Waals surface area contributed by atoms with E-state index in [1.807, 2.05) is 17.5 Å². The zero-order valence-corrected chi connectivity index (χ0v) is 13.0. The molecule has 2 rings (SSSR count). The number of carbonyl (C=O) groups is 2.